The van der Waals surface area contributed by atoms with Crippen LogP contribution in [0.5, 0.6) is 11.5 Å². The Labute approximate surface area is 223 Å². The molecule has 2 heterocycles. The van der Waals surface area contributed by atoms with Gasteiger partial charge in [0.25, 0.3) is 5.56 Å². The topological polar surface area (TPSA) is 95.9 Å². The third-order valence-electron chi connectivity index (χ3n) is 6.28. The van der Waals surface area contributed by atoms with E-state index >= 15 is 0 Å². The molecule has 204 valence electrons. The van der Waals surface area contributed by atoms with Crippen molar-refractivity contribution in [3.05, 3.63) is 106 Å². The van der Waals surface area contributed by atoms with E-state index in [-0.39, 0.29) is 39.3 Å². The fourth-order valence-electron chi connectivity index (χ4n) is 4.48. The van der Waals surface area contributed by atoms with Gasteiger partial charge in [-0.3, -0.25) is 4.79 Å². The molecule has 5 rings (SSSR count). The van der Waals surface area contributed by atoms with Crippen LogP contribution in [0, 0.1) is 18.6 Å². The van der Waals surface area contributed by atoms with Crippen LogP contribution in [-0.4, -0.2) is 19.5 Å². The average molecular weight is 553 g/mol. The number of anilines is 1. The molecule has 2 N–H and O–H groups in total. The van der Waals surface area contributed by atoms with Gasteiger partial charge in [0.15, 0.2) is 5.82 Å². The second-order valence-electron chi connectivity index (χ2n) is 9.07. The Bertz CT molecular complexity index is 1780. The molecule has 1 atom stereocenters. The first-order valence-electron chi connectivity index (χ1n) is 11.9. The largest absolute Gasteiger partial charge is 0.457 e. The number of nitrogens with two attached hydrogens (primary N) is 1. The summed E-state index contributed by atoms with van der Waals surface area (Å²) in [6.07, 6.45) is -1.31. The molecule has 12 heteroatoms. The summed E-state index contributed by atoms with van der Waals surface area (Å²) in [4.78, 5) is 24.2. The highest BCUT2D eigenvalue weighted by molar-refractivity contribution is 5.80. The molecule has 7 nitrogen and oxygen atoms in total. The number of halogens is 5. The highest BCUT2D eigenvalue weighted by Crippen LogP contribution is 2.43. The zero-order chi connectivity index (χ0) is 28.8. The number of nitrogens with zero attached hydrogens (tertiary/aromatic N) is 4. The van der Waals surface area contributed by atoms with Crippen LogP contribution in [0.4, 0.5) is 27.6 Å². The van der Waals surface area contributed by atoms with Gasteiger partial charge in [0.2, 0.25) is 0 Å². The molecular formula is C28H20F5N5O2. The van der Waals surface area contributed by atoms with Crippen molar-refractivity contribution in [3.8, 4) is 22.9 Å². The summed E-state index contributed by atoms with van der Waals surface area (Å²) in [6, 6.07) is 9.14. The lowest BCUT2D eigenvalue weighted by Crippen LogP contribution is -2.18. The van der Waals surface area contributed by atoms with E-state index < -0.39 is 40.7 Å². The molecular weight excluding hydrogens is 533 g/mol. The standard InChI is InChI=1S/C28H20F5N5O2/c1-14-8-20(29)24(21(30)9-14)15(2)38-13-37-27(39)19-10-17(6-7-22(19)38)40-23-5-3-4-18(25(23)28(31,32)33)26-35-11-16(34)12-36-26/h3-13,15H,34H2,1-2H3/t15-/m1/s1. The van der Waals surface area contributed by atoms with Crippen LogP contribution in [0.15, 0.2) is 72.0 Å². The van der Waals surface area contributed by atoms with Gasteiger partial charge < -0.3 is 15.0 Å². The number of rotatable bonds is 5. The van der Waals surface area contributed by atoms with Crippen LogP contribution in [0.1, 0.15) is 29.7 Å². The maximum absolute atomic E-state index is 14.7. The number of alkyl halides is 3. The third-order valence-corrected chi connectivity index (χ3v) is 6.28. The Hall–Kier alpha value is -4.87. The molecule has 0 spiro atoms. The minimum absolute atomic E-state index is 0.0219. The van der Waals surface area contributed by atoms with Crippen molar-refractivity contribution in [2.75, 3.05) is 5.73 Å². The molecule has 40 heavy (non-hydrogen) atoms. The first kappa shape index (κ1) is 26.7. The van der Waals surface area contributed by atoms with Crippen molar-refractivity contribution in [1.29, 1.82) is 0 Å². The summed E-state index contributed by atoms with van der Waals surface area (Å²) < 4.78 is 79.0. The minimum atomic E-state index is -4.85. The summed E-state index contributed by atoms with van der Waals surface area (Å²) in [5.74, 6) is -2.37. The second kappa shape index (κ2) is 10.0. The van der Waals surface area contributed by atoms with E-state index in [1.165, 1.54) is 66.3 Å². The van der Waals surface area contributed by atoms with E-state index in [2.05, 4.69) is 15.0 Å². The Balaban J connectivity index is 1.59. The van der Waals surface area contributed by atoms with Crippen LogP contribution in [-0.2, 0) is 6.18 Å². The van der Waals surface area contributed by atoms with E-state index in [9.17, 15) is 26.7 Å². The lowest BCUT2D eigenvalue weighted by molar-refractivity contribution is -0.138. The lowest BCUT2D eigenvalue weighted by Gasteiger charge is -2.20. The Kier molecular flexibility index (Phi) is 6.70. The number of ether oxygens (including phenoxy) is 1. The van der Waals surface area contributed by atoms with E-state index in [0.29, 0.717) is 5.56 Å². The summed E-state index contributed by atoms with van der Waals surface area (Å²) in [5.41, 5.74) is 4.02. The molecule has 0 saturated heterocycles. The first-order chi connectivity index (χ1) is 18.9. The highest BCUT2D eigenvalue weighted by Gasteiger charge is 2.38. The van der Waals surface area contributed by atoms with Gasteiger partial charge in [-0.2, -0.15) is 18.2 Å². The normalized spacial score (nSPS) is 12.5. The molecule has 0 aliphatic rings. The molecule has 0 aliphatic heterocycles. The number of benzene rings is 3. The summed E-state index contributed by atoms with van der Waals surface area (Å²) in [7, 11) is 0. The molecule has 2 aromatic heterocycles. The van der Waals surface area contributed by atoms with E-state index in [4.69, 9.17) is 10.5 Å². The number of fused-ring (bicyclic) bond motifs is 1. The van der Waals surface area contributed by atoms with Gasteiger partial charge in [-0.1, -0.05) is 12.1 Å². The predicted molar refractivity (Wildman–Crippen MR) is 138 cm³/mol. The molecule has 0 radical (unpaired) electrons. The Morgan fingerprint density at radius 1 is 0.975 bits per heavy atom. The number of aryl methyl sites for hydroxylation is 1. The second-order valence-corrected chi connectivity index (χ2v) is 9.07. The van der Waals surface area contributed by atoms with Crippen molar-refractivity contribution in [3.63, 3.8) is 0 Å². The zero-order valence-corrected chi connectivity index (χ0v) is 21.0. The van der Waals surface area contributed by atoms with Gasteiger partial charge in [-0.25, -0.2) is 18.7 Å². The SMILES string of the molecule is Cc1cc(F)c([C@@H](C)n2cnc(=O)c3cc(Oc4cccc(-c5ncc(N)cn5)c4C(F)(F)F)ccc32)c(F)c1. The quantitative estimate of drug-likeness (QED) is 0.252. The van der Waals surface area contributed by atoms with Crippen molar-refractivity contribution in [1.82, 2.24) is 19.5 Å². The molecule has 0 bridgehead atoms. The Morgan fingerprint density at radius 2 is 1.65 bits per heavy atom. The summed E-state index contributed by atoms with van der Waals surface area (Å²) in [5, 5.41) is -0.0219. The van der Waals surface area contributed by atoms with Crippen molar-refractivity contribution in [2.24, 2.45) is 0 Å². The molecule has 0 fully saturated rings. The molecule has 0 amide bonds. The monoisotopic (exact) mass is 553 g/mol. The molecule has 3 aromatic carbocycles. The van der Waals surface area contributed by atoms with Crippen molar-refractivity contribution >= 4 is 16.6 Å². The third kappa shape index (κ3) is 4.95. The highest BCUT2D eigenvalue weighted by atomic mass is 19.4. The van der Waals surface area contributed by atoms with E-state index in [1.54, 1.807) is 6.92 Å². The molecule has 0 unspecified atom stereocenters. The van der Waals surface area contributed by atoms with Gasteiger partial charge in [0.05, 0.1) is 41.4 Å². The fourth-order valence-corrected chi connectivity index (χ4v) is 4.48. The minimum Gasteiger partial charge on any atom is -0.457 e. The Morgan fingerprint density at radius 3 is 2.30 bits per heavy atom. The summed E-state index contributed by atoms with van der Waals surface area (Å²) in [6.45, 7) is 3.09. The smallest absolute Gasteiger partial charge is 0.420 e. The number of hydrogen-bond donors (Lipinski definition) is 1. The van der Waals surface area contributed by atoms with Crippen LogP contribution in [0.3, 0.4) is 0 Å². The average Bonchev–Trinajstić information content (AvgIpc) is 2.88. The van der Waals surface area contributed by atoms with Gasteiger partial charge >= 0.3 is 6.18 Å². The summed E-state index contributed by atoms with van der Waals surface area (Å²) >= 11 is 0. The zero-order valence-electron chi connectivity index (χ0n) is 21.0. The maximum atomic E-state index is 14.7. The van der Waals surface area contributed by atoms with Crippen LogP contribution < -0.4 is 16.0 Å². The van der Waals surface area contributed by atoms with Gasteiger partial charge in [0.1, 0.15) is 28.7 Å². The van der Waals surface area contributed by atoms with E-state index in [0.717, 1.165) is 12.4 Å². The number of nitrogen functional groups attached to an aromatic ring is 1. The number of hydrogen-bond acceptors (Lipinski definition) is 6. The number of aromatic nitrogens is 4. The van der Waals surface area contributed by atoms with Crippen LogP contribution >= 0.6 is 0 Å². The van der Waals surface area contributed by atoms with Crippen molar-refractivity contribution < 1.29 is 26.7 Å². The molecule has 0 aliphatic carbocycles. The van der Waals surface area contributed by atoms with E-state index in [1.807, 2.05) is 0 Å². The van der Waals surface area contributed by atoms with Crippen molar-refractivity contribution in [2.45, 2.75) is 26.1 Å². The lowest BCUT2D eigenvalue weighted by atomic mass is 10.0. The predicted octanol–water partition coefficient (Wildman–Crippen LogP) is 6.44. The first-order valence-corrected chi connectivity index (χ1v) is 11.9. The molecule has 5 aromatic rings. The fraction of sp³-hybridized carbons (Fsp3) is 0.143. The van der Waals surface area contributed by atoms with Gasteiger partial charge in [-0.05, 0) is 55.8 Å². The maximum Gasteiger partial charge on any atom is 0.420 e. The van der Waals surface area contributed by atoms with Crippen LogP contribution in [0.25, 0.3) is 22.3 Å². The van der Waals surface area contributed by atoms with Gasteiger partial charge in [-0.15, -0.1) is 0 Å². The molecule has 0 saturated carbocycles. The van der Waals surface area contributed by atoms with Crippen LogP contribution in [0.2, 0.25) is 0 Å². The van der Waals surface area contributed by atoms with Gasteiger partial charge in [0, 0.05) is 11.1 Å².